The summed E-state index contributed by atoms with van der Waals surface area (Å²) in [5.41, 5.74) is 0. The van der Waals surface area contributed by atoms with Crippen LogP contribution in [-0.2, 0) is 0 Å². The molecule has 88 valence electrons. The van der Waals surface area contributed by atoms with Crippen molar-refractivity contribution in [1.29, 1.82) is 0 Å². The van der Waals surface area contributed by atoms with Gasteiger partial charge in [0.25, 0.3) is 0 Å². The number of pyridine rings is 1. The summed E-state index contributed by atoms with van der Waals surface area (Å²) >= 11 is 0. The predicted molar refractivity (Wildman–Crippen MR) is 69.2 cm³/mol. The van der Waals surface area contributed by atoms with Crippen molar-refractivity contribution in [1.82, 2.24) is 4.98 Å². The van der Waals surface area contributed by atoms with Gasteiger partial charge in [-0.05, 0) is 24.3 Å². The highest BCUT2D eigenvalue weighted by Crippen LogP contribution is 2.33. The molecule has 1 aliphatic rings. The van der Waals surface area contributed by atoms with Gasteiger partial charge in [0, 0.05) is 24.2 Å². The highest BCUT2D eigenvalue weighted by atomic mass is 16.3. The summed E-state index contributed by atoms with van der Waals surface area (Å²) in [7, 11) is 0. The van der Waals surface area contributed by atoms with Crippen molar-refractivity contribution in [3.8, 4) is 0 Å². The van der Waals surface area contributed by atoms with Crippen LogP contribution in [0, 0.1) is 0 Å². The summed E-state index contributed by atoms with van der Waals surface area (Å²) in [6.45, 7) is 0.854. The molecule has 3 rings (SSSR count). The maximum absolute atomic E-state index is 9.18. The largest absolute Gasteiger partial charge is 0.395 e. The molecule has 0 atom stereocenters. The van der Waals surface area contributed by atoms with E-state index in [-0.39, 0.29) is 6.61 Å². The fraction of sp³-hybridized carbons (Fsp3) is 0.357. The molecule has 2 aromatic rings. The van der Waals surface area contributed by atoms with E-state index in [1.165, 1.54) is 23.6 Å². The number of anilines is 1. The summed E-state index contributed by atoms with van der Waals surface area (Å²) in [6, 6.07) is 10.9. The first-order chi connectivity index (χ1) is 8.40. The van der Waals surface area contributed by atoms with Crippen molar-refractivity contribution in [3.63, 3.8) is 0 Å². The highest BCUT2D eigenvalue weighted by molar-refractivity contribution is 5.92. The van der Waals surface area contributed by atoms with Crippen molar-refractivity contribution >= 4 is 16.6 Å². The number of hydrogen-bond donors (Lipinski definition) is 1. The van der Waals surface area contributed by atoms with Crippen LogP contribution in [0.2, 0.25) is 0 Å². The number of benzene rings is 1. The second-order valence-corrected chi connectivity index (χ2v) is 4.50. The van der Waals surface area contributed by atoms with Crippen LogP contribution in [0.3, 0.4) is 0 Å². The molecule has 1 fully saturated rings. The lowest BCUT2D eigenvalue weighted by molar-refractivity contribution is 0.301. The average Bonchev–Trinajstić information content (AvgIpc) is 3.20. The van der Waals surface area contributed by atoms with E-state index in [9.17, 15) is 5.11 Å². The molecule has 17 heavy (non-hydrogen) atoms. The van der Waals surface area contributed by atoms with Crippen molar-refractivity contribution in [2.24, 2.45) is 0 Å². The predicted octanol–water partition coefficient (Wildman–Crippen LogP) is 2.20. The van der Waals surface area contributed by atoms with Gasteiger partial charge >= 0.3 is 0 Å². The van der Waals surface area contributed by atoms with E-state index in [0.717, 1.165) is 5.82 Å². The highest BCUT2D eigenvalue weighted by Gasteiger charge is 2.30. The molecule has 0 spiro atoms. The van der Waals surface area contributed by atoms with Crippen molar-refractivity contribution in [3.05, 3.63) is 36.5 Å². The number of aliphatic hydroxyl groups is 1. The number of fused-ring (bicyclic) bond motifs is 1. The van der Waals surface area contributed by atoms with Gasteiger partial charge in [0.2, 0.25) is 0 Å². The molecular weight excluding hydrogens is 212 g/mol. The van der Waals surface area contributed by atoms with Gasteiger partial charge < -0.3 is 10.0 Å². The maximum Gasteiger partial charge on any atom is 0.136 e. The fourth-order valence-electron chi connectivity index (χ4n) is 2.29. The Bertz CT molecular complexity index is 517. The van der Waals surface area contributed by atoms with Gasteiger partial charge in [-0.3, -0.25) is 0 Å². The minimum Gasteiger partial charge on any atom is -0.395 e. The summed E-state index contributed by atoms with van der Waals surface area (Å²) in [4.78, 5) is 6.74. The van der Waals surface area contributed by atoms with Crippen LogP contribution in [0.1, 0.15) is 12.8 Å². The minimum atomic E-state index is 0.182. The molecule has 1 aliphatic carbocycles. The monoisotopic (exact) mass is 228 g/mol. The van der Waals surface area contributed by atoms with Gasteiger partial charge in [0.1, 0.15) is 5.82 Å². The average molecular weight is 228 g/mol. The zero-order chi connectivity index (χ0) is 11.7. The smallest absolute Gasteiger partial charge is 0.136 e. The molecule has 3 heteroatoms. The molecule has 0 saturated heterocycles. The molecular formula is C14H16N2O. The van der Waals surface area contributed by atoms with Crippen LogP contribution in [-0.4, -0.2) is 29.3 Å². The lowest BCUT2D eigenvalue weighted by Crippen LogP contribution is -2.29. The molecule has 0 aliphatic heterocycles. The zero-order valence-electron chi connectivity index (χ0n) is 9.71. The lowest BCUT2D eigenvalue weighted by Gasteiger charge is -2.23. The minimum absolute atomic E-state index is 0.182. The Morgan fingerprint density at radius 2 is 2.06 bits per heavy atom. The maximum atomic E-state index is 9.18. The Balaban J connectivity index is 2.08. The molecule has 1 aromatic heterocycles. The number of aromatic nitrogens is 1. The SMILES string of the molecule is OCCN(c1nccc2ccccc12)C1CC1. The molecule has 1 aromatic carbocycles. The number of rotatable bonds is 4. The Morgan fingerprint density at radius 3 is 2.82 bits per heavy atom. The Labute approximate surface area is 101 Å². The quantitative estimate of drug-likeness (QED) is 0.871. The molecule has 1 N–H and O–H groups in total. The molecule has 0 unspecified atom stereocenters. The molecule has 0 amide bonds. The van der Waals surface area contributed by atoms with E-state index >= 15 is 0 Å². The van der Waals surface area contributed by atoms with Gasteiger partial charge in [-0.15, -0.1) is 0 Å². The van der Waals surface area contributed by atoms with E-state index in [1.807, 2.05) is 24.4 Å². The van der Waals surface area contributed by atoms with E-state index < -0.39 is 0 Å². The van der Waals surface area contributed by atoms with Crippen LogP contribution in [0.25, 0.3) is 10.8 Å². The first-order valence-corrected chi connectivity index (χ1v) is 6.11. The molecule has 3 nitrogen and oxygen atoms in total. The van der Waals surface area contributed by atoms with Gasteiger partial charge in [-0.2, -0.15) is 0 Å². The van der Waals surface area contributed by atoms with E-state index in [2.05, 4.69) is 22.0 Å². The first kappa shape index (κ1) is 10.5. The summed E-state index contributed by atoms with van der Waals surface area (Å²) < 4.78 is 0. The van der Waals surface area contributed by atoms with Gasteiger partial charge in [0.15, 0.2) is 0 Å². The van der Waals surface area contributed by atoms with Crippen molar-refractivity contribution in [2.75, 3.05) is 18.1 Å². The van der Waals surface area contributed by atoms with Crippen LogP contribution >= 0.6 is 0 Å². The number of hydrogen-bond acceptors (Lipinski definition) is 3. The summed E-state index contributed by atoms with van der Waals surface area (Å²) in [5.74, 6) is 1.01. The van der Waals surface area contributed by atoms with E-state index in [4.69, 9.17) is 0 Å². The van der Waals surface area contributed by atoms with Gasteiger partial charge in [0.05, 0.1) is 6.61 Å². The molecule has 0 bridgehead atoms. The third-order valence-corrected chi connectivity index (χ3v) is 3.25. The van der Waals surface area contributed by atoms with Crippen LogP contribution in [0.5, 0.6) is 0 Å². The second-order valence-electron chi connectivity index (χ2n) is 4.50. The fourth-order valence-corrected chi connectivity index (χ4v) is 2.29. The first-order valence-electron chi connectivity index (χ1n) is 6.11. The third kappa shape index (κ3) is 1.98. The topological polar surface area (TPSA) is 36.4 Å². The van der Waals surface area contributed by atoms with Crippen LogP contribution in [0.15, 0.2) is 36.5 Å². The van der Waals surface area contributed by atoms with Crippen LogP contribution < -0.4 is 4.90 Å². The third-order valence-electron chi connectivity index (χ3n) is 3.25. The Hall–Kier alpha value is -1.61. The van der Waals surface area contributed by atoms with Crippen molar-refractivity contribution < 1.29 is 5.11 Å². The summed E-state index contributed by atoms with van der Waals surface area (Å²) in [5, 5.41) is 11.6. The van der Waals surface area contributed by atoms with Crippen LogP contribution in [0.4, 0.5) is 5.82 Å². The number of nitrogens with zero attached hydrogens (tertiary/aromatic N) is 2. The summed E-state index contributed by atoms with van der Waals surface area (Å²) in [6.07, 6.45) is 4.28. The molecule has 0 radical (unpaired) electrons. The Morgan fingerprint density at radius 1 is 1.24 bits per heavy atom. The Kier molecular flexibility index (Phi) is 2.69. The molecule has 1 saturated carbocycles. The van der Waals surface area contributed by atoms with E-state index in [0.29, 0.717) is 12.6 Å². The molecule has 1 heterocycles. The normalized spacial score (nSPS) is 15.1. The standard InChI is InChI=1S/C14H16N2O/c17-10-9-16(12-5-6-12)14-13-4-2-1-3-11(13)7-8-15-14/h1-4,7-8,12,17H,5-6,9-10H2. The van der Waals surface area contributed by atoms with Crippen molar-refractivity contribution in [2.45, 2.75) is 18.9 Å². The number of aliphatic hydroxyl groups excluding tert-OH is 1. The second kappa shape index (κ2) is 4.34. The van der Waals surface area contributed by atoms with Gasteiger partial charge in [-0.1, -0.05) is 24.3 Å². The zero-order valence-corrected chi connectivity index (χ0v) is 9.71. The van der Waals surface area contributed by atoms with E-state index in [1.54, 1.807) is 0 Å². The lowest BCUT2D eigenvalue weighted by atomic mass is 10.1. The van der Waals surface area contributed by atoms with Gasteiger partial charge in [-0.25, -0.2) is 4.98 Å².